The quantitative estimate of drug-likeness (QED) is 0.0794. The van der Waals surface area contributed by atoms with Crippen molar-refractivity contribution in [2.75, 3.05) is 26.2 Å². The van der Waals surface area contributed by atoms with Crippen molar-refractivity contribution in [2.24, 2.45) is 0 Å². The molecular formula is C32H68N+. The second-order valence-electron chi connectivity index (χ2n) is 11.3. The van der Waals surface area contributed by atoms with Crippen LogP contribution in [0.1, 0.15) is 182 Å². The van der Waals surface area contributed by atoms with Gasteiger partial charge in [0.2, 0.25) is 0 Å². The molecule has 0 aromatic heterocycles. The Labute approximate surface area is 212 Å². The maximum Gasteiger partial charge on any atom is 0.0786 e. The van der Waals surface area contributed by atoms with E-state index in [-0.39, 0.29) is 0 Å². The summed E-state index contributed by atoms with van der Waals surface area (Å²) in [5, 5.41) is 0. The van der Waals surface area contributed by atoms with Gasteiger partial charge in [-0.2, -0.15) is 0 Å². The van der Waals surface area contributed by atoms with Crippen LogP contribution in [0.4, 0.5) is 0 Å². The van der Waals surface area contributed by atoms with Crippen molar-refractivity contribution in [2.45, 2.75) is 182 Å². The van der Waals surface area contributed by atoms with Gasteiger partial charge in [-0.1, -0.05) is 137 Å². The number of quaternary nitrogens is 1. The zero-order valence-electron chi connectivity index (χ0n) is 24.2. The topological polar surface area (TPSA) is 0 Å². The molecule has 0 fully saturated rings. The Morgan fingerprint density at radius 1 is 0.242 bits per heavy atom. The molecule has 0 heterocycles. The van der Waals surface area contributed by atoms with E-state index in [1.807, 2.05) is 0 Å². The normalized spacial score (nSPS) is 12.0. The van der Waals surface area contributed by atoms with Crippen LogP contribution >= 0.6 is 0 Å². The lowest BCUT2D eigenvalue weighted by atomic mass is 10.0. The second kappa shape index (κ2) is 26.6. The van der Waals surface area contributed by atoms with E-state index < -0.39 is 0 Å². The first kappa shape index (κ1) is 33.0. The van der Waals surface area contributed by atoms with Gasteiger partial charge in [-0.3, -0.25) is 0 Å². The van der Waals surface area contributed by atoms with Crippen LogP contribution in [0, 0.1) is 0 Å². The van der Waals surface area contributed by atoms with E-state index in [1.54, 1.807) is 0 Å². The predicted molar refractivity (Wildman–Crippen MR) is 153 cm³/mol. The maximum absolute atomic E-state index is 2.39. The van der Waals surface area contributed by atoms with Gasteiger partial charge in [0.05, 0.1) is 26.2 Å². The van der Waals surface area contributed by atoms with Crippen LogP contribution in [-0.2, 0) is 0 Å². The fourth-order valence-electron chi connectivity index (χ4n) is 5.55. The fourth-order valence-corrected chi connectivity index (χ4v) is 5.55. The van der Waals surface area contributed by atoms with Gasteiger partial charge in [-0.15, -0.1) is 0 Å². The van der Waals surface area contributed by atoms with Gasteiger partial charge in [-0.25, -0.2) is 0 Å². The van der Waals surface area contributed by atoms with E-state index in [4.69, 9.17) is 0 Å². The van der Waals surface area contributed by atoms with Crippen LogP contribution in [0.2, 0.25) is 0 Å². The summed E-state index contributed by atoms with van der Waals surface area (Å²) in [5.74, 6) is 0. The number of hydrogen-bond acceptors (Lipinski definition) is 0. The van der Waals surface area contributed by atoms with Crippen LogP contribution in [0.3, 0.4) is 0 Å². The lowest BCUT2D eigenvalue weighted by molar-refractivity contribution is -0.929. The summed E-state index contributed by atoms with van der Waals surface area (Å²) in [7, 11) is 0. The molecule has 1 nitrogen and oxygen atoms in total. The number of nitrogens with zero attached hydrogens (tertiary/aromatic N) is 1. The van der Waals surface area contributed by atoms with E-state index in [0.717, 1.165) is 0 Å². The molecule has 0 radical (unpaired) electrons. The van der Waals surface area contributed by atoms with E-state index in [0.29, 0.717) is 0 Å². The van der Waals surface area contributed by atoms with Gasteiger partial charge >= 0.3 is 0 Å². The molecule has 0 rings (SSSR count). The molecule has 0 amide bonds. The Morgan fingerprint density at radius 2 is 0.455 bits per heavy atom. The smallest absolute Gasteiger partial charge is 0.0786 e. The molecule has 0 bridgehead atoms. The standard InChI is InChI=1S/C32H68N/c1-5-9-13-16-19-20-21-22-25-28-32-33(29-12-8-4,30-26-23-17-14-10-6-2)31-27-24-18-15-11-7-3/h5-32H2,1-4H3/q+1. The Kier molecular flexibility index (Phi) is 26.5. The van der Waals surface area contributed by atoms with Gasteiger partial charge < -0.3 is 4.48 Å². The van der Waals surface area contributed by atoms with E-state index in [2.05, 4.69) is 27.7 Å². The summed E-state index contributed by atoms with van der Waals surface area (Å²) >= 11 is 0. The Bertz CT molecular complexity index is 334. The third-order valence-corrected chi connectivity index (χ3v) is 7.94. The summed E-state index contributed by atoms with van der Waals surface area (Å²) in [4.78, 5) is 0. The van der Waals surface area contributed by atoms with Crippen LogP contribution in [-0.4, -0.2) is 30.7 Å². The lowest BCUT2D eigenvalue weighted by Gasteiger charge is -2.39. The first-order valence-corrected chi connectivity index (χ1v) is 16.1. The highest BCUT2D eigenvalue weighted by atomic mass is 15.3. The monoisotopic (exact) mass is 467 g/mol. The highest BCUT2D eigenvalue weighted by Gasteiger charge is 2.25. The molecule has 0 N–H and O–H groups in total. The van der Waals surface area contributed by atoms with Crippen molar-refractivity contribution >= 4 is 0 Å². The third-order valence-electron chi connectivity index (χ3n) is 7.94. The van der Waals surface area contributed by atoms with Crippen molar-refractivity contribution in [3.05, 3.63) is 0 Å². The van der Waals surface area contributed by atoms with E-state index in [9.17, 15) is 0 Å². The average molecular weight is 467 g/mol. The molecule has 0 saturated carbocycles. The van der Waals surface area contributed by atoms with Gasteiger partial charge in [-0.05, 0) is 44.9 Å². The lowest BCUT2D eigenvalue weighted by Crippen LogP contribution is -2.50. The molecule has 0 unspecified atom stereocenters. The SMILES string of the molecule is CCCCCCCCCCCC[N+](CCCC)(CCCCCCCC)CCCCCCCC. The molecule has 0 saturated heterocycles. The van der Waals surface area contributed by atoms with Gasteiger partial charge in [0.15, 0.2) is 0 Å². The molecule has 33 heavy (non-hydrogen) atoms. The first-order valence-electron chi connectivity index (χ1n) is 16.1. The summed E-state index contributed by atoms with van der Waals surface area (Å²) in [6, 6.07) is 0. The van der Waals surface area contributed by atoms with Crippen LogP contribution < -0.4 is 0 Å². The maximum atomic E-state index is 2.39. The zero-order valence-corrected chi connectivity index (χ0v) is 24.2. The summed E-state index contributed by atoms with van der Waals surface area (Å²) in [6.45, 7) is 15.2. The number of unbranched alkanes of at least 4 members (excludes halogenated alkanes) is 20. The van der Waals surface area contributed by atoms with Crippen molar-refractivity contribution in [3.8, 4) is 0 Å². The molecule has 0 aromatic carbocycles. The Balaban J connectivity index is 4.43. The fraction of sp³-hybridized carbons (Fsp3) is 1.00. The van der Waals surface area contributed by atoms with Crippen LogP contribution in [0.25, 0.3) is 0 Å². The van der Waals surface area contributed by atoms with Crippen molar-refractivity contribution in [3.63, 3.8) is 0 Å². The summed E-state index contributed by atoms with van der Waals surface area (Å²) in [5.41, 5.74) is 0. The molecule has 0 atom stereocenters. The van der Waals surface area contributed by atoms with Crippen molar-refractivity contribution < 1.29 is 4.48 Å². The minimum atomic E-state index is 1.37. The zero-order chi connectivity index (χ0) is 24.3. The molecule has 1 heteroatoms. The molecule has 0 aliphatic heterocycles. The Hall–Kier alpha value is -0.0400. The molecule has 0 aliphatic rings. The highest BCUT2D eigenvalue weighted by molar-refractivity contribution is 4.54. The van der Waals surface area contributed by atoms with E-state index >= 15 is 0 Å². The molecule has 0 aromatic rings. The highest BCUT2D eigenvalue weighted by Crippen LogP contribution is 2.20. The van der Waals surface area contributed by atoms with E-state index in [1.165, 1.54) is 185 Å². The minimum absolute atomic E-state index is 1.37. The molecule has 0 spiro atoms. The molecular weight excluding hydrogens is 398 g/mol. The molecule has 0 aliphatic carbocycles. The van der Waals surface area contributed by atoms with Gasteiger partial charge in [0.25, 0.3) is 0 Å². The second-order valence-corrected chi connectivity index (χ2v) is 11.3. The van der Waals surface area contributed by atoms with Crippen LogP contribution in [0.5, 0.6) is 0 Å². The largest absolute Gasteiger partial charge is 0.324 e. The summed E-state index contributed by atoms with van der Waals surface area (Å²) in [6.07, 6.45) is 34.8. The predicted octanol–water partition coefficient (Wildman–Crippen LogP) is 11.2. The summed E-state index contributed by atoms with van der Waals surface area (Å²) < 4.78 is 1.46. The average Bonchev–Trinajstić information content (AvgIpc) is 2.83. The Morgan fingerprint density at radius 3 is 0.727 bits per heavy atom. The van der Waals surface area contributed by atoms with Crippen molar-refractivity contribution in [1.29, 1.82) is 0 Å². The molecule has 200 valence electrons. The first-order chi connectivity index (χ1) is 16.2. The van der Waals surface area contributed by atoms with Crippen molar-refractivity contribution in [1.82, 2.24) is 0 Å². The van der Waals surface area contributed by atoms with Gasteiger partial charge in [0, 0.05) is 0 Å². The third kappa shape index (κ3) is 22.2. The number of hydrogen-bond donors (Lipinski definition) is 0. The van der Waals surface area contributed by atoms with Gasteiger partial charge in [0.1, 0.15) is 0 Å². The van der Waals surface area contributed by atoms with Crippen LogP contribution in [0.15, 0.2) is 0 Å². The minimum Gasteiger partial charge on any atom is -0.324 e. The number of rotatable bonds is 28.